The third-order valence-corrected chi connectivity index (χ3v) is 2.76. The number of fused-ring (bicyclic) bond motifs is 1. The van der Waals surface area contributed by atoms with Crippen molar-refractivity contribution in [2.24, 2.45) is 0 Å². The molecule has 78 valence electrons. The maximum Gasteiger partial charge on any atom is 0.252 e. The molecule has 1 heterocycles. The number of benzene rings is 1. The Kier molecular flexibility index (Phi) is 2.11. The van der Waals surface area contributed by atoms with Gasteiger partial charge in [0.05, 0.1) is 5.54 Å². The van der Waals surface area contributed by atoms with Crippen LogP contribution < -0.4 is 5.32 Å². The average Bonchev–Trinajstić information content (AvgIpc) is 2.39. The summed E-state index contributed by atoms with van der Waals surface area (Å²) in [6, 6.07) is 4.31. The fourth-order valence-corrected chi connectivity index (χ4v) is 2.02. The van der Waals surface area contributed by atoms with E-state index in [-0.39, 0.29) is 11.7 Å². The second-order valence-corrected chi connectivity index (χ2v) is 3.97. The van der Waals surface area contributed by atoms with E-state index in [1.54, 1.807) is 12.1 Å². The molecular weight excluding hydrogens is 193 g/mol. The van der Waals surface area contributed by atoms with Gasteiger partial charge in [-0.15, -0.1) is 6.58 Å². The van der Waals surface area contributed by atoms with Crippen LogP contribution in [0.1, 0.15) is 29.3 Å². The summed E-state index contributed by atoms with van der Waals surface area (Å²) in [4.78, 5) is 11.6. The third kappa shape index (κ3) is 1.44. The standard InChI is InChI=1S/C12H12FNO/c1-3-6-12(2)10-5-4-8(13)7-9(10)11(15)14-12/h3-5,7H,1,6H2,2H3,(H,14,15)/t12-/m0/s1. The van der Waals surface area contributed by atoms with Gasteiger partial charge in [-0.25, -0.2) is 4.39 Å². The van der Waals surface area contributed by atoms with E-state index in [0.717, 1.165) is 5.56 Å². The molecule has 1 atom stereocenters. The van der Waals surface area contributed by atoms with Gasteiger partial charge in [0, 0.05) is 5.56 Å². The molecule has 0 aromatic heterocycles. The van der Waals surface area contributed by atoms with E-state index in [2.05, 4.69) is 11.9 Å². The lowest BCUT2D eigenvalue weighted by atomic mass is 9.89. The van der Waals surface area contributed by atoms with Gasteiger partial charge in [-0.2, -0.15) is 0 Å². The van der Waals surface area contributed by atoms with Crippen molar-refractivity contribution in [3.8, 4) is 0 Å². The van der Waals surface area contributed by atoms with E-state index < -0.39 is 5.54 Å². The first kappa shape index (κ1) is 9.90. The zero-order valence-electron chi connectivity index (χ0n) is 8.51. The van der Waals surface area contributed by atoms with Crippen LogP contribution in [0.3, 0.4) is 0 Å². The highest BCUT2D eigenvalue weighted by molar-refractivity contribution is 5.99. The summed E-state index contributed by atoms with van der Waals surface area (Å²) in [6.07, 6.45) is 2.39. The number of carbonyl (C=O) groups is 1. The Morgan fingerprint density at radius 3 is 3.00 bits per heavy atom. The molecule has 0 bridgehead atoms. The van der Waals surface area contributed by atoms with Crippen LogP contribution in [0.5, 0.6) is 0 Å². The van der Waals surface area contributed by atoms with Crippen LogP contribution in [-0.4, -0.2) is 5.91 Å². The van der Waals surface area contributed by atoms with Gasteiger partial charge >= 0.3 is 0 Å². The summed E-state index contributed by atoms with van der Waals surface area (Å²) in [5, 5.41) is 2.85. The molecule has 2 nitrogen and oxygen atoms in total. The lowest BCUT2D eigenvalue weighted by molar-refractivity contribution is 0.0935. The van der Waals surface area contributed by atoms with E-state index in [4.69, 9.17) is 0 Å². The fourth-order valence-electron chi connectivity index (χ4n) is 2.02. The van der Waals surface area contributed by atoms with Crippen molar-refractivity contribution in [1.82, 2.24) is 5.32 Å². The van der Waals surface area contributed by atoms with Crippen molar-refractivity contribution in [2.75, 3.05) is 0 Å². The minimum atomic E-state index is -0.443. The second-order valence-electron chi connectivity index (χ2n) is 3.97. The molecule has 0 saturated carbocycles. The maximum absolute atomic E-state index is 13.0. The fraction of sp³-hybridized carbons (Fsp3) is 0.250. The minimum absolute atomic E-state index is 0.214. The molecule has 0 fully saturated rings. The number of nitrogens with one attached hydrogen (secondary N) is 1. The molecule has 1 aromatic rings. The maximum atomic E-state index is 13.0. The number of halogens is 1. The van der Waals surface area contributed by atoms with Crippen LogP contribution in [-0.2, 0) is 5.54 Å². The van der Waals surface area contributed by atoms with E-state index in [1.807, 2.05) is 6.92 Å². The lowest BCUT2D eigenvalue weighted by Crippen LogP contribution is -2.35. The molecular formula is C12H12FNO. The Labute approximate surface area is 87.8 Å². The van der Waals surface area contributed by atoms with Crippen LogP contribution in [0, 0.1) is 5.82 Å². The van der Waals surface area contributed by atoms with Gasteiger partial charge in [-0.05, 0) is 31.0 Å². The second kappa shape index (κ2) is 3.19. The SMILES string of the molecule is C=CC[C@]1(C)NC(=O)c2cc(F)ccc21. The average molecular weight is 205 g/mol. The molecule has 1 aliphatic heterocycles. The Hall–Kier alpha value is -1.64. The molecule has 1 aliphatic rings. The highest BCUT2D eigenvalue weighted by Crippen LogP contribution is 2.34. The largest absolute Gasteiger partial charge is 0.342 e. The molecule has 1 aromatic carbocycles. The highest BCUT2D eigenvalue weighted by Gasteiger charge is 2.37. The predicted molar refractivity (Wildman–Crippen MR) is 56.0 cm³/mol. The summed E-state index contributed by atoms with van der Waals surface area (Å²) >= 11 is 0. The summed E-state index contributed by atoms with van der Waals surface area (Å²) in [6.45, 7) is 5.57. The van der Waals surface area contributed by atoms with Crippen molar-refractivity contribution < 1.29 is 9.18 Å². The molecule has 15 heavy (non-hydrogen) atoms. The first-order chi connectivity index (χ1) is 7.07. The van der Waals surface area contributed by atoms with Gasteiger partial charge in [0.15, 0.2) is 0 Å². The normalized spacial score (nSPS) is 23.5. The minimum Gasteiger partial charge on any atom is -0.342 e. The predicted octanol–water partition coefficient (Wildman–Crippen LogP) is 2.36. The van der Waals surface area contributed by atoms with Crippen LogP contribution in [0.15, 0.2) is 30.9 Å². The van der Waals surface area contributed by atoms with Gasteiger partial charge in [0.2, 0.25) is 0 Å². The van der Waals surface area contributed by atoms with E-state index >= 15 is 0 Å². The van der Waals surface area contributed by atoms with E-state index in [1.165, 1.54) is 12.1 Å². The van der Waals surface area contributed by atoms with Crippen molar-refractivity contribution >= 4 is 5.91 Å². The van der Waals surface area contributed by atoms with Crippen LogP contribution >= 0.6 is 0 Å². The molecule has 0 saturated heterocycles. The van der Waals surface area contributed by atoms with Gasteiger partial charge < -0.3 is 5.32 Å². The van der Waals surface area contributed by atoms with Crippen molar-refractivity contribution in [3.05, 3.63) is 47.8 Å². The van der Waals surface area contributed by atoms with E-state index in [0.29, 0.717) is 12.0 Å². The van der Waals surface area contributed by atoms with Crippen molar-refractivity contribution in [3.63, 3.8) is 0 Å². The van der Waals surface area contributed by atoms with Crippen LogP contribution in [0.2, 0.25) is 0 Å². The molecule has 0 unspecified atom stereocenters. The summed E-state index contributed by atoms with van der Waals surface area (Å²) in [5.41, 5.74) is 0.829. The summed E-state index contributed by atoms with van der Waals surface area (Å²) < 4.78 is 13.0. The summed E-state index contributed by atoms with van der Waals surface area (Å²) in [5.74, 6) is -0.597. The molecule has 1 N–H and O–H groups in total. The monoisotopic (exact) mass is 205 g/mol. The smallest absolute Gasteiger partial charge is 0.252 e. The topological polar surface area (TPSA) is 29.1 Å². The molecule has 3 heteroatoms. The van der Waals surface area contributed by atoms with Crippen LogP contribution in [0.25, 0.3) is 0 Å². The number of rotatable bonds is 2. The van der Waals surface area contributed by atoms with Gasteiger partial charge in [-0.3, -0.25) is 4.79 Å². The number of carbonyl (C=O) groups excluding carboxylic acids is 1. The zero-order valence-corrected chi connectivity index (χ0v) is 8.51. The van der Waals surface area contributed by atoms with Crippen molar-refractivity contribution in [2.45, 2.75) is 18.9 Å². The number of hydrogen-bond donors (Lipinski definition) is 1. The van der Waals surface area contributed by atoms with E-state index in [9.17, 15) is 9.18 Å². The molecule has 0 radical (unpaired) electrons. The highest BCUT2D eigenvalue weighted by atomic mass is 19.1. The van der Waals surface area contributed by atoms with Gasteiger partial charge in [0.1, 0.15) is 5.82 Å². The third-order valence-electron chi connectivity index (χ3n) is 2.76. The quantitative estimate of drug-likeness (QED) is 0.738. The van der Waals surface area contributed by atoms with Crippen molar-refractivity contribution in [1.29, 1.82) is 0 Å². The first-order valence-electron chi connectivity index (χ1n) is 4.80. The first-order valence-corrected chi connectivity index (χ1v) is 4.80. The number of amides is 1. The molecule has 0 aliphatic carbocycles. The summed E-state index contributed by atoms with van der Waals surface area (Å²) in [7, 11) is 0. The Morgan fingerprint density at radius 1 is 1.60 bits per heavy atom. The van der Waals surface area contributed by atoms with Gasteiger partial charge in [0.25, 0.3) is 5.91 Å². The Bertz CT molecular complexity index is 441. The Balaban J connectivity index is 2.55. The van der Waals surface area contributed by atoms with Crippen LogP contribution in [0.4, 0.5) is 4.39 Å². The molecule has 2 rings (SSSR count). The zero-order chi connectivity index (χ0) is 11.1. The number of hydrogen-bond acceptors (Lipinski definition) is 1. The molecule has 0 spiro atoms. The molecule has 1 amide bonds. The lowest BCUT2D eigenvalue weighted by Gasteiger charge is -2.23. The van der Waals surface area contributed by atoms with Gasteiger partial charge in [-0.1, -0.05) is 12.1 Å². The Morgan fingerprint density at radius 2 is 2.33 bits per heavy atom.